The van der Waals surface area contributed by atoms with Gasteiger partial charge in [-0.05, 0) is 37.0 Å². The van der Waals surface area contributed by atoms with Crippen LogP contribution in [0, 0.1) is 5.82 Å². The lowest BCUT2D eigenvalue weighted by molar-refractivity contribution is 0.609. The monoisotopic (exact) mass is 445 g/mol. The Balaban J connectivity index is 0.00000288. The van der Waals surface area contributed by atoms with Crippen LogP contribution in [0.4, 0.5) is 4.39 Å². The number of nitrogens with zero attached hydrogens (tertiary/aromatic N) is 3. The van der Waals surface area contributed by atoms with Gasteiger partial charge in [0.25, 0.3) is 0 Å². The van der Waals surface area contributed by atoms with Crippen molar-refractivity contribution < 1.29 is 4.39 Å². The average Bonchev–Trinajstić information content (AvgIpc) is 2.94. The summed E-state index contributed by atoms with van der Waals surface area (Å²) >= 11 is 0. The SMILES string of the molecule is CCNC(=NCCc1ccccc1F)NCCc1cnn(C)c1.I. The first-order valence-electron chi connectivity index (χ1n) is 7.92. The van der Waals surface area contributed by atoms with Gasteiger partial charge in [-0.3, -0.25) is 9.67 Å². The van der Waals surface area contributed by atoms with Crippen LogP contribution in [-0.4, -0.2) is 35.4 Å². The van der Waals surface area contributed by atoms with Gasteiger partial charge < -0.3 is 10.6 Å². The smallest absolute Gasteiger partial charge is 0.191 e. The zero-order valence-corrected chi connectivity index (χ0v) is 16.5. The third kappa shape index (κ3) is 6.86. The summed E-state index contributed by atoms with van der Waals surface area (Å²) in [6, 6.07) is 6.83. The number of guanidine groups is 1. The van der Waals surface area contributed by atoms with Crippen molar-refractivity contribution in [3.05, 3.63) is 53.6 Å². The second-order valence-corrected chi connectivity index (χ2v) is 5.30. The number of hydrogen-bond donors (Lipinski definition) is 2. The third-order valence-corrected chi connectivity index (χ3v) is 3.42. The Morgan fingerprint density at radius 1 is 1.25 bits per heavy atom. The summed E-state index contributed by atoms with van der Waals surface area (Å²) in [6.45, 7) is 4.13. The summed E-state index contributed by atoms with van der Waals surface area (Å²) in [5.74, 6) is 0.588. The van der Waals surface area contributed by atoms with Gasteiger partial charge >= 0.3 is 0 Å². The Hall–Kier alpha value is -1.64. The molecule has 0 amide bonds. The van der Waals surface area contributed by atoms with Gasteiger partial charge in [-0.1, -0.05) is 18.2 Å². The Morgan fingerprint density at radius 2 is 2.04 bits per heavy atom. The number of hydrogen-bond acceptors (Lipinski definition) is 2. The molecule has 132 valence electrons. The highest BCUT2D eigenvalue weighted by Crippen LogP contribution is 2.06. The van der Waals surface area contributed by atoms with Crippen molar-refractivity contribution in [1.29, 1.82) is 0 Å². The molecule has 1 heterocycles. The van der Waals surface area contributed by atoms with Gasteiger partial charge in [-0.15, -0.1) is 24.0 Å². The molecular weight excluding hydrogens is 420 g/mol. The van der Waals surface area contributed by atoms with E-state index in [0.717, 1.165) is 25.5 Å². The van der Waals surface area contributed by atoms with Crippen LogP contribution in [0.2, 0.25) is 0 Å². The first kappa shape index (κ1) is 20.4. The van der Waals surface area contributed by atoms with Gasteiger partial charge in [0.2, 0.25) is 0 Å². The number of halogens is 2. The van der Waals surface area contributed by atoms with Crippen molar-refractivity contribution in [3.63, 3.8) is 0 Å². The molecule has 0 aliphatic heterocycles. The Labute approximate surface area is 159 Å². The second-order valence-electron chi connectivity index (χ2n) is 5.30. The highest BCUT2D eigenvalue weighted by molar-refractivity contribution is 14.0. The zero-order chi connectivity index (χ0) is 16.5. The summed E-state index contributed by atoms with van der Waals surface area (Å²) in [4.78, 5) is 4.49. The molecule has 0 saturated carbocycles. The maximum absolute atomic E-state index is 13.6. The minimum Gasteiger partial charge on any atom is -0.357 e. The first-order valence-corrected chi connectivity index (χ1v) is 7.92. The quantitative estimate of drug-likeness (QED) is 0.391. The molecule has 0 aliphatic carbocycles. The Morgan fingerprint density at radius 3 is 2.71 bits per heavy atom. The minimum atomic E-state index is -0.169. The van der Waals surface area contributed by atoms with E-state index in [1.807, 2.05) is 32.4 Å². The lowest BCUT2D eigenvalue weighted by Crippen LogP contribution is -2.38. The van der Waals surface area contributed by atoms with Crippen molar-refractivity contribution in [2.45, 2.75) is 19.8 Å². The van der Waals surface area contributed by atoms with Gasteiger partial charge in [0.15, 0.2) is 5.96 Å². The molecule has 7 heteroatoms. The van der Waals surface area contributed by atoms with Crippen LogP contribution in [0.1, 0.15) is 18.1 Å². The van der Waals surface area contributed by atoms with Crippen LogP contribution in [0.15, 0.2) is 41.7 Å². The van der Waals surface area contributed by atoms with Gasteiger partial charge in [0.1, 0.15) is 5.82 Å². The normalized spacial score (nSPS) is 11.0. The van der Waals surface area contributed by atoms with Crippen LogP contribution >= 0.6 is 24.0 Å². The molecule has 0 unspecified atom stereocenters. The van der Waals surface area contributed by atoms with E-state index in [0.29, 0.717) is 18.5 Å². The Bertz CT molecular complexity index is 641. The minimum absolute atomic E-state index is 0. The summed E-state index contributed by atoms with van der Waals surface area (Å²) in [5.41, 5.74) is 1.88. The average molecular weight is 445 g/mol. The number of rotatable bonds is 7. The van der Waals surface area contributed by atoms with E-state index in [-0.39, 0.29) is 29.8 Å². The summed E-state index contributed by atoms with van der Waals surface area (Å²) in [6.07, 6.45) is 5.34. The topological polar surface area (TPSA) is 54.2 Å². The van der Waals surface area contributed by atoms with E-state index in [1.165, 1.54) is 11.6 Å². The summed E-state index contributed by atoms with van der Waals surface area (Å²) in [5, 5.41) is 10.6. The van der Waals surface area contributed by atoms with Crippen molar-refractivity contribution in [2.24, 2.45) is 12.0 Å². The fourth-order valence-corrected chi connectivity index (χ4v) is 2.26. The van der Waals surface area contributed by atoms with Gasteiger partial charge in [0.05, 0.1) is 6.20 Å². The fourth-order valence-electron chi connectivity index (χ4n) is 2.26. The first-order chi connectivity index (χ1) is 11.2. The molecule has 0 saturated heterocycles. The number of aryl methyl sites for hydroxylation is 1. The highest BCUT2D eigenvalue weighted by atomic mass is 127. The van der Waals surface area contributed by atoms with Crippen LogP contribution in [0.3, 0.4) is 0 Å². The highest BCUT2D eigenvalue weighted by Gasteiger charge is 2.02. The van der Waals surface area contributed by atoms with Crippen molar-refractivity contribution in [2.75, 3.05) is 19.6 Å². The molecule has 2 rings (SSSR count). The molecule has 0 spiro atoms. The molecule has 2 N–H and O–H groups in total. The van der Waals surface area contributed by atoms with Crippen LogP contribution in [-0.2, 0) is 19.9 Å². The van der Waals surface area contributed by atoms with E-state index in [1.54, 1.807) is 16.8 Å². The molecule has 0 radical (unpaired) electrons. The standard InChI is InChI=1S/C17H24FN5.HI/c1-3-19-17(20-10-8-14-12-22-23(2)13-14)21-11-9-15-6-4-5-7-16(15)18;/h4-7,12-13H,3,8-11H2,1-2H3,(H2,19,20,21);1H. The van der Waals surface area contributed by atoms with E-state index in [2.05, 4.69) is 20.7 Å². The molecule has 24 heavy (non-hydrogen) atoms. The third-order valence-electron chi connectivity index (χ3n) is 3.42. The molecule has 5 nitrogen and oxygen atoms in total. The lowest BCUT2D eigenvalue weighted by Gasteiger charge is -2.11. The predicted octanol–water partition coefficient (Wildman–Crippen LogP) is 2.52. The van der Waals surface area contributed by atoms with Crippen LogP contribution in [0.25, 0.3) is 0 Å². The number of aliphatic imine (C=N–C) groups is 1. The number of aromatic nitrogens is 2. The largest absolute Gasteiger partial charge is 0.357 e. The summed E-state index contributed by atoms with van der Waals surface area (Å²) in [7, 11) is 1.91. The molecule has 0 bridgehead atoms. The fraction of sp³-hybridized carbons (Fsp3) is 0.412. The van der Waals surface area contributed by atoms with Gasteiger partial charge in [-0.2, -0.15) is 5.10 Å². The maximum Gasteiger partial charge on any atom is 0.191 e. The molecular formula is C17H25FIN5. The molecule has 1 aromatic heterocycles. The maximum atomic E-state index is 13.6. The Kier molecular flexibility index (Phi) is 9.36. The van der Waals surface area contributed by atoms with E-state index < -0.39 is 0 Å². The lowest BCUT2D eigenvalue weighted by atomic mass is 10.1. The van der Waals surface area contributed by atoms with Crippen LogP contribution < -0.4 is 10.6 Å². The van der Waals surface area contributed by atoms with Crippen molar-refractivity contribution >= 4 is 29.9 Å². The second kappa shape index (κ2) is 11.0. The van der Waals surface area contributed by atoms with Gasteiger partial charge in [-0.25, -0.2) is 4.39 Å². The number of benzene rings is 1. The predicted molar refractivity (Wildman–Crippen MR) is 106 cm³/mol. The van der Waals surface area contributed by atoms with Crippen LogP contribution in [0.5, 0.6) is 0 Å². The van der Waals surface area contributed by atoms with Gasteiger partial charge in [0, 0.05) is 32.9 Å². The number of nitrogens with one attached hydrogen (secondary N) is 2. The summed E-state index contributed by atoms with van der Waals surface area (Å²) < 4.78 is 15.4. The van der Waals surface area contributed by atoms with Crippen molar-refractivity contribution in [3.8, 4) is 0 Å². The molecule has 0 aliphatic rings. The van der Waals surface area contributed by atoms with E-state index in [9.17, 15) is 4.39 Å². The molecule has 0 atom stereocenters. The zero-order valence-electron chi connectivity index (χ0n) is 14.1. The molecule has 2 aromatic rings. The van der Waals surface area contributed by atoms with E-state index >= 15 is 0 Å². The van der Waals surface area contributed by atoms with Crippen molar-refractivity contribution in [1.82, 2.24) is 20.4 Å². The molecule has 1 aromatic carbocycles. The van der Waals surface area contributed by atoms with E-state index in [4.69, 9.17) is 0 Å². The molecule has 0 fully saturated rings.